The highest BCUT2D eigenvalue weighted by molar-refractivity contribution is 6.33. The summed E-state index contributed by atoms with van der Waals surface area (Å²) in [5.74, 6) is -0.348. The quantitative estimate of drug-likeness (QED) is 0.369. The topological polar surface area (TPSA) is 119 Å². The summed E-state index contributed by atoms with van der Waals surface area (Å²) < 4.78 is 16.4. The van der Waals surface area contributed by atoms with Crippen LogP contribution in [0.2, 0.25) is 5.02 Å². The monoisotopic (exact) mass is 573 g/mol. The van der Waals surface area contributed by atoms with E-state index < -0.39 is 0 Å². The number of amides is 1. The van der Waals surface area contributed by atoms with Crippen LogP contribution in [0, 0.1) is 0 Å². The van der Waals surface area contributed by atoms with E-state index in [-0.39, 0.29) is 46.3 Å². The number of aromatic nitrogens is 1. The largest absolute Gasteiger partial charge is 0.480 e. The summed E-state index contributed by atoms with van der Waals surface area (Å²) in [6.45, 7) is 5.89. The number of methoxy groups -OCH3 is 2. The van der Waals surface area contributed by atoms with E-state index in [4.69, 9.17) is 31.5 Å². The first-order chi connectivity index (χ1) is 19.4. The first-order valence-electron chi connectivity index (χ1n) is 13.9. The van der Waals surface area contributed by atoms with Gasteiger partial charge in [0.1, 0.15) is 18.0 Å². The fourth-order valence-electron chi connectivity index (χ4n) is 5.31. The number of pyridine rings is 1. The lowest BCUT2D eigenvalue weighted by Gasteiger charge is -2.38. The summed E-state index contributed by atoms with van der Waals surface area (Å²) in [5, 5.41) is 3.25. The van der Waals surface area contributed by atoms with Crippen molar-refractivity contribution in [2.24, 2.45) is 0 Å². The average Bonchev–Trinajstić information content (AvgIpc) is 3.48. The van der Waals surface area contributed by atoms with Gasteiger partial charge in [-0.05, 0) is 75.5 Å². The fourth-order valence-corrected chi connectivity index (χ4v) is 5.46. The average molecular weight is 574 g/mol. The second-order valence-corrected chi connectivity index (χ2v) is 10.7. The van der Waals surface area contributed by atoms with Crippen LogP contribution in [0.5, 0.6) is 5.88 Å². The maximum absolute atomic E-state index is 13.0. The number of ether oxygens (including phenoxy) is 3. The van der Waals surface area contributed by atoms with E-state index in [2.05, 4.69) is 20.1 Å². The molecule has 218 valence electrons. The Morgan fingerprint density at radius 3 is 2.55 bits per heavy atom. The predicted octanol–water partition coefficient (Wildman–Crippen LogP) is 3.03. The molecule has 2 fully saturated rings. The van der Waals surface area contributed by atoms with E-state index in [0.29, 0.717) is 18.7 Å². The molecule has 2 unspecified atom stereocenters. The number of nitrogens with two attached hydrogens (primary N) is 1. The number of hydrogen-bond acceptors (Lipinski definition) is 9. The predicted molar refractivity (Wildman–Crippen MR) is 154 cm³/mol. The normalized spacial score (nSPS) is 19.9. The second-order valence-electron chi connectivity index (χ2n) is 10.3. The lowest BCUT2D eigenvalue weighted by atomic mass is 10.00. The Balaban J connectivity index is 1.19. The highest BCUT2D eigenvalue weighted by Crippen LogP contribution is 2.25. The molecule has 2 saturated heterocycles. The Hall–Kier alpha value is -2.92. The van der Waals surface area contributed by atoms with Crippen molar-refractivity contribution in [1.29, 1.82) is 0 Å². The van der Waals surface area contributed by atoms with Gasteiger partial charge in [0, 0.05) is 26.7 Å². The molecule has 0 aliphatic carbocycles. The van der Waals surface area contributed by atoms with E-state index >= 15 is 0 Å². The van der Waals surface area contributed by atoms with Crippen molar-refractivity contribution in [3.05, 3.63) is 52.0 Å². The van der Waals surface area contributed by atoms with Crippen LogP contribution in [0.3, 0.4) is 0 Å². The number of hydrogen-bond donors (Lipinski definition) is 2. The molecule has 10 nitrogen and oxygen atoms in total. The van der Waals surface area contributed by atoms with E-state index in [0.717, 1.165) is 52.0 Å². The molecule has 11 heteroatoms. The Labute approximate surface area is 241 Å². The summed E-state index contributed by atoms with van der Waals surface area (Å²) in [6, 6.07) is 9.02. The van der Waals surface area contributed by atoms with Gasteiger partial charge in [-0.15, -0.1) is 0 Å². The molecule has 1 aromatic carbocycles. The van der Waals surface area contributed by atoms with Crippen LogP contribution in [0.15, 0.2) is 30.3 Å². The smallest absolute Gasteiger partial charge is 0.338 e. The van der Waals surface area contributed by atoms with Gasteiger partial charge in [-0.1, -0.05) is 23.7 Å². The van der Waals surface area contributed by atoms with Gasteiger partial charge >= 0.3 is 5.97 Å². The van der Waals surface area contributed by atoms with Gasteiger partial charge in [0.2, 0.25) is 5.88 Å². The first kappa shape index (κ1) is 30.0. The minimum absolute atomic E-state index is 0.111. The SMILES string of the molecule is COc1nc(N)c(Cl)cc1C(=O)NC1CCN(CCCc2ccc(C(=O)OCCN3CCCC3)cc2)CC1OC. The van der Waals surface area contributed by atoms with Gasteiger partial charge in [-0.3, -0.25) is 9.69 Å². The molecule has 2 aromatic rings. The van der Waals surface area contributed by atoms with Crippen molar-refractivity contribution >= 4 is 29.3 Å². The fraction of sp³-hybridized carbons (Fsp3) is 0.552. The summed E-state index contributed by atoms with van der Waals surface area (Å²) >= 11 is 6.08. The van der Waals surface area contributed by atoms with Crippen LogP contribution in [0.4, 0.5) is 5.82 Å². The molecule has 2 atom stereocenters. The molecule has 0 radical (unpaired) electrons. The number of anilines is 1. The highest BCUT2D eigenvalue weighted by atomic mass is 35.5. The van der Waals surface area contributed by atoms with Crippen LogP contribution in [0.25, 0.3) is 0 Å². The first-order valence-corrected chi connectivity index (χ1v) is 14.3. The Bertz CT molecular complexity index is 1140. The molecule has 0 saturated carbocycles. The summed E-state index contributed by atoms with van der Waals surface area (Å²) in [7, 11) is 3.09. The lowest BCUT2D eigenvalue weighted by Crippen LogP contribution is -2.55. The van der Waals surface area contributed by atoms with E-state index in [1.54, 1.807) is 7.11 Å². The van der Waals surface area contributed by atoms with Crippen LogP contribution in [-0.2, 0) is 15.9 Å². The van der Waals surface area contributed by atoms with Crippen molar-refractivity contribution < 1.29 is 23.8 Å². The van der Waals surface area contributed by atoms with Gasteiger partial charge in [0.25, 0.3) is 5.91 Å². The minimum atomic E-state index is -0.328. The number of piperidine rings is 1. The van der Waals surface area contributed by atoms with Crippen molar-refractivity contribution in [2.75, 3.05) is 65.8 Å². The molecule has 3 N–H and O–H groups in total. The zero-order valence-electron chi connectivity index (χ0n) is 23.4. The molecule has 0 spiro atoms. The number of nitrogens with one attached hydrogen (secondary N) is 1. The molecular weight excluding hydrogens is 534 g/mol. The van der Waals surface area contributed by atoms with Gasteiger partial charge < -0.3 is 30.2 Å². The maximum atomic E-state index is 13.0. The van der Waals surface area contributed by atoms with Gasteiger partial charge in [0.05, 0.1) is 29.8 Å². The van der Waals surface area contributed by atoms with E-state index in [1.165, 1.54) is 31.6 Å². The number of rotatable bonds is 12. The molecule has 4 rings (SSSR count). The Morgan fingerprint density at radius 2 is 1.85 bits per heavy atom. The van der Waals surface area contributed by atoms with Crippen molar-refractivity contribution in [3.8, 4) is 5.88 Å². The molecule has 1 amide bonds. The molecule has 3 heterocycles. The summed E-state index contributed by atoms with van der Waals surface area (Å²) in [6.07, 6.45) is 4.93. The van der Waals surface area contributed by atoms with Gasteiger partial charge in [0.15, 0.2) is 0 Å². The second kappa shape index (κ2) is 14.6. The number of esters is 1. The standard InChI is InChI=1S/C29H40ClN5O5/c1-38-25-19-35(15-11-24(25)32-27(36)22-18-23(30)26(31)33-28(22)39-2)14-5-6-20-7-9-21(10-8-20)29(37)40-17-16-34-12-3-4-13-34/h7-10,18,24-25H,3-6,11-17,19H2,1-2H3,(H2,31,33)(H,32,36). The highest BCUT2D eigenvalue weighted by Gasteiger charge is 2.31. The van der Waals surface area contributed by atoms with Gasteiger partial charge in [-0.2, -0.15) is 4.98 Å². The molecular formula is C29H40ClN5O5. The third-order valence-corrected chi connectivity index (χ3v) is 7.94. The van der Waals surface area contributed by atoms with Crippen LogP contribution >= 0.6 is 11.6 Å². The third-order valence-electron chi connectivity index (χ3n) is 7.64. The number of halogens is 1. The number of carbonyl (C=O) groups is 2. The van der Waals surface area contributed by atoms with E-state index in [1.807, 2.05) is 24.3 Å². The Kier molecular flexibility index (Phi) is 11.0. The third kappa shape index (κ3) is 8.06. The molecule has 40 heavy (non-hydrogen) atoms. The number of likely N-dealkylation sites (tertiary alicyclic amines) is 2. The molecule has 2 aliphatic rings. The molecule has 1 aromatic heterocycles. The minimum Gasteiger partial charge on any atom is -0.480 e. The van der Waals surface area contributed by atoms with Crippen LogP contribution < -0.4 is 15.8 Å². The number of carbonyl (C=O) groups excluding carboxylic acids is 2. The van der Waals surface area contributed by atoms with E-state index in [9.17, 15) is 9.59 Å². The molecule has 2 aliphatic heterocycles. The lowest BCUT2D eigenvalue weighted by molar-refractivity contribution is 0.00615. The zero-order chi connectivity index (χ0) is 28.5. The van der Waals surface area contributed by atoms with Gasteiger partial charge in [-0.25, -0.2) is 4.79 Å². The van der Waals surface area contributed by atoms with Crippen LogP contribution in [0.1, 0.15) is 52.0 Å². The summed E-state index contributed by atoms with van der Waals surface area (Å²) in [4.78, 5) is 34.0. The summed E-state index contributed by atoms with van der Waals surface area (Å²) in [5.41, 5.74) is 7.75. The van der Waals surface area contributed by atoms with Crippen molar-refractivity contribution in [3.63, 3.8) is 0 Å². The Morgan fingerprint density at radius 1 is 1.10 bits per heavy atom. The number of nitrogen functional groups attached to an aromatic ring is 1. The number of aryl methyl sites for hydroxylation is 1. The van der Waals surface area contributed by atoms with Crippen LogP contribution in [-0.4, -0.2) is 98.9 Å². The van der Waals surface area contributed by atoms with Crippen molar-refractivity contribution in [1.82, 2.24) is 20.1 Å². The number of nitrogens with zero attached hydrogens (tertiary/aromatic N) is 3. The molecule has 0 bridgehead atoms. The zero-order valence-corrected chi connectivity index (χ0v) is 24.1. The maximum Gasteiger partial charge on any atom is 0.338 e. The van der Waals surface area contributed by atoms with Crippen molar-refractivity contribution in [2.45, 2.75) is 44.2 Å². The number of benzene rings is 1.